The van der Waals surface area contributed by atoms with Crippen molar-refractivity contribution in [1.82, 2.24) is 5.43 Å². The minimum Gasteiger partial charge on any atom is -0.267 e. The van der Waals surface area contributed by atoms with Gasteiger partial charge in [0.1, 0.15) is 0 Å². The first kappa shape index (κ1) is 17.1. The molecule has 120 valence electrons. The Morgan fingerprint density at radius 3 is 2.09 bits per heavy atom. The van der Waals surface area contributed by atoms with Crippen molar-refractivity contribution in [2.45, 2.75) is 11.8 Å². The molecule has 23 heavy (non-hydrogen) atoms. The molecule has 0 aromatic heterocycles. The highest BCUT2D eigenvalue weighted by Crippen LogP contribution is 2.11. The average molecular weight is 352 g/mol. The molecule has 0 bridgehead atoms. The minimum atomic E-state index is -3.73. The second kappa shape index (κ2) is 6.91. The molecule has 0 saturated heterocycles. The number of benzene rings is 2. The minimum absolute atomic E-state index is 0.0132. The second-order valence-electron chi connectivity index (χ2n) is 4.71. The van der Waals surface area contributed by atoms with Crippen LogP contribution in [-0.2, 0) is 10.0 Å². The van der Waals surface area contributed by atoms with E-state index in [1.807, 2.05) is 0 Å². The maximum Gasteiger partial charge on any atom is 0.271 e. The Labute approximate surface area is 139 Å². The van der Waals surface area contributed by atoms with E-state index in [1.54, 1.807) is 43.3 Å². The molecule has 2 aromatic carbocycles. The Morgan fingerprint density at radius 1 is 1.04 bits per heavy atom. The van der Waals surface area contributed by atoms with E-state index >= 15 is 0 Å². The molecule has 0 radical (unpaired) electrons. The largest absolute Gasteiger partial charge is 0.271 e. The summed E-state index contributed by atoms with van der Waals surface area (Å²) < 4.78 is 22.4. The number of carbonyl (C=O) groups is 1. The maximum absolute atomic E-state index is 11.9. The number of hydrogen-bond acceptors (Lipinski definition) is 4. The lowest BCUT2D eigenvalue weighted by Crippen LogP contribution is -2.19. The Balaban J connectivity index is 2.10. The van der Waals surface area contributed by atoms with Crippen LogP contribution in [0, 0.1) is 0 Å². The number of hydrazone groups is 1. The third kappa shape index (κ3) is 4.62. The molecule has 0 aliphatic rings. The number of nitrogens with zero attached hydrogens (tertiary/aromatic N) is 1. The zero-order chi connectivity index (χ0) is 17.0. The standard InChI is InChI=1S/C15H14ClN3O3S/c1-10(11-4-8-14(9-5-11)23(17,21)22)18-19-15(20)12-2-6-13(16)7-3-12/h2-9H,1H3,(H,19,20)(H2,17,21,22)/b18-10+. The molecule has 0 saturated carbocycles. The number of amides is 1. The van der Waals surface area contributed by atoms with Gasteiger partial charge in [0.2, 0.25) is 10.0 Å². The van der Waals surface area contributed by atoms with Crippen LogP contribution in [0.4, 0.5) is 0 Å². The van der Waals surface area contributed by atoms with E-state index in [-0.39, 0.29) is 10.8 Å². The predicted octanol–water partition coefficient (Wildman–Crippen LogP) is 2.14. The number of rotatable bonds is 4. The van der Waals surface area contributed by atoms with Crippen LogP contribution in [0.25, 0.3) is 0 Å². The van der Waals surface area contributed by atoms with E-state index in [0.29, 0.717) is 21.9 Å². The van der Waals surface area contributed by atoms with Crippen LogP contribution in [0.2, 0.25) is 5.02 Å². The molecule has 0 unspecified atom stereocenters. The highest BCUT2D eigenvalue weighted by molar-refractivity contribution is 7.89. The smallest absolute Gasteiger partial charge is 0.267 e. The van der Waals surface area contributed by atoms with Crippen LogP contribution >= 0.6 is 11.6 Å². The van der Waals surface area contributed by atoms with Gasteiger partial charge in [0, 0.05) is 10.6 Å². The Hall–Kier alpha value is -2.22. The lowest BCUT2D eigenvalue weighted by atomic mass is 10.1. The van der Waals surface area contributed by atoms with Crippen molar-refractivity contribution in [3.8, 4) is 0 Å². The number of hydrogen-bond donors (Lipinski definition) is 2. The first-order valence-corrected chi connectivity index (χ1v) is 8.43. The molecule has 3 N–H and O–H groups in total. The third-order valence-corrected chi connectivity index (χ3v) is 4.21. The van der Waals surface area contributed by atoms with Crippen molar-refractivity contribution in [3.63, 3.8) is 0 Å². The van der Waals surface area contributed by atoms with Crippen LogP contribution in [0.5, 0.6) is 0 Å². The van der Waals surface area contributed by atoms with Gasteiger partial charge in [-0.3, -0.25) is 4.79 Å². The van der Waals surface area contributed by atoms with Crippen molar-refractivity contribution in [2.75, 3.05) is 0 Å². The van der Waals surface area contributed by atoms with Gasteiger partial charge in [-0.1, -0.05) is 23.7 Å². The van der Waals surface area contributed by atoms with Gasteiger partial charge >= 0.3 is 0 Å². The van der Waals surface area contributed by atoms with Crippen molar-refractivity contribution in [1.29, 1.82) is 0 Å². The van der Waals surface area contributed by atoms with E-state index in [4.69, 9.17) is 16.7 Å². The fraction of sp³-hybridized carbons (Fsp3) is 0.0667. The average Bonchev–Trinajstić information content (AvgIpc) is 2.52. The molecule has 8 heteroatoms. The molecule has 2 rings (SSSR count). The van der Waals surface area contributed by atoms with E-state index in [1.165, 1.54) is 12.1 Å². The fourth-order valence-corrected chi connectivity index (χ4v) is 2.39. The molecular formula is C15H14ClN3O3S. The molecule has 2 aromatic rings. The topological polar surface area (TPSA) is 102 Å². The zero-order valence-corrected chi connectivity index (χ0v) is 13.7. The summed E-state index contributed by atoms with van der Waals surface area (Å²) in [5.74, 6) is -0.373. The molecule has 0 aliphatic heterocycles. The van der Waals surface area contributed by atoms with Gasteiger partial charge in [-0.25, -0.2) is 19.0 Å². The summed E-state index contributed by atoms with van der Waals surface area (Å²) in [4.78, 5) is 11.9. The Kier molecular flexibility index (Phi) is 5.15. The van der Waals surface area contributed by atoms with Crippen molar-refractivity contribution >= 4 is 33.2 Å². The molecule has 1 amide bonds. The summed E-state index contributed by atoms with van der Waals surface area (Å²) in [5.41, 5.74) is 4.03. The van der Waals surface area contributed by atoms with Crippen LogP contribution in [0.3, 0.4) is 0 Å². The summed E-state index contributed by atoms with van der Waals surface area (Å²) >= 11 is 5.76. The lowest BCUT2D eigenvalue weighted by Gasteiger charge is -2.04. The molecule has 0 aliphatic carbocycles. The number of nitrogens with two attached hydrogens (primary N) is 1. The monoisotopic (exact) mass is 351 g/mol. The number of nitrogens with one attached hydrogen (secondary N) is 1. The molecule has 0 fully saturated rings. The van der Waals surface area contributed by atoms with Crippen LogP contribution < -0.4 is 10.6 Å². The Bertz CT molecular complexity index is 845. The van der Waals surface area contributed by atoms with Crippen LogP contribution in [0.15, 0.2) is 58.5 Å². The van der Waals surface area contributed by atoms with Gasteiger partial charge < -0.3 is 0 Å². The van der Waals surface area contributed by atoms with E-state index in [9.17, 15) is 13.2 Å². The van der Waals surface area contributed by atoms with Gasteiger partial charge in [-0.15, -0.1) is 0 Å². The summed E-state index contributed by atoms with van der Waals surface area (Å²) in [6.45, 7) is 1.69. The molecule has 6 nitrogen and oxygen atoms in total. The van der Waals surface area contributed by atoms with Crippen molar-refractivity contribution < 1.29 is 13.2 Å². The molecule has 0 atom stereocenters. The summed E-state index contributed by atoms with van der Waals surface area (Å²) in [6, 6.07) is 12.3. The predicted molar refractivity (Wildman–Crippen MR) is 88.9 cm³/mol. The van der Waals surface area contributed by atoms with Crippen molar-refractivity contribution in [3.05, 3.63) is 64.7 Å². The van der Waals surface area contributed by atoms with E-state index in [2.05, 4.69) is 10.5 Å². The normalized spacial score (nSPS) is 12.0. The number of sulfonamides is 1. The first-order valence-electron chi connectivity index (χ1n) is 6.51. The quantitative estimate of drug-likeness (QED) is 0.651. The van der Waals surface area contributed by atoms with Crippen LogP contribution in [-0.4, -0.2) is 20.0 Å². The van der Waals surface area contributed by atoms with Gasteiger partial charge in [0.25, 0.3) is 5.91 Å². The van der Waals surface area contributed by atoms with Gasteiger partial charge in [0.15, 0.2) is 0 Å². The number of primary sulfonamides is 1. The molecule has 0 spiro atoms. The zero-order valence-electron chi connectivity index (χ0n) is 12.2. The maximum atomic E-state index is 11.9. The van der Waals surface area contributed by atoms with Gasteiger partial charge in [-0.2, -0.15) is 5.10 Å². The van der Waals surface area contributed by atoms with Crippen molar-refractivity contribution in [2.24, 2.45) is 10.2 Å². The highest BCUT2D eigenvalue weighted by atomic mass is 35.5. The lowest BCUT2D eigenvalue weighted by molar-refractivity contribution is 0.0955. The van der Waals surface area contributed by atoms with E-state index in [0.717, 1.165) is 0 Å². The third-order valence-electron chi connectivity index (χ3n) is 3.03. The van der Waals surface area contributed by atoms with Crippen LogP contribution in [0.1, 0.15) is 22.8 Å². The SMILES string of the molecule is C/C(=N\NC(=O)c1ccc(Cl)cc1)c1ccc(S(N)(=O)=O)cc1. The number of carbonyl (C=O) groups excluding carboxylic acids is 1. The summed E-state index contributed by atoms with van der Waals surface area (Å²) in [7, 11) is -3.73. The summed E-state index contributed by atoms with van der Waals surface area (Å²) in [5, 5.41) is 9.56. The number of halogens is 1. The second-order valence-corrected chi connectivity index (χ2v) is 6.71. The first-order chi connectivity index (χ1) is 10.8. The van der Waals surface area contributed by atoms with E-state index < -0.39 is 10.0 Å². The Morgan fingerprint density at radius 2 is 1.57 bits per heavy atom. The van der Waals surface area contributed by atoms with Gasteiger partial charge in [0.05, 0.1) is 10.6 Å². The summed E-state index contributed by atoms with van der Waals surface area (Å²) in [6.07, 6.45) is 0. The molecule has 0 heterocycles. The molecular weight excluding hydrogens is 338 g/mol. The highest BCUT2D eigenvalue weighted by Gasteiger charge is 2.08. The van der Waals surface area contributed by atoms with Gasteiger partial charge in [-0.05, 0) is 48.9 Å². The fourth-order valence-electron chi connectivity index (χ4n) is 1.75.